The Morgan fingerprint density at radius 3 is 2.83 bits per heavy atom. The number of unbranched alkanes of at least 4 members (excludes halogenated alkanes) is 1. The van der Waals surface area contributed by atoms with Crippen LogP contribution in [0.5, 0.6) is 0 Å². The van der Waals surface area contributed by atoms with Gasteiger partial charge in [-0.25, -0.2) is 9.78 Å². The van der Waals surface area contributed by atoms with Crippen molar-refractivity contribution in [3.05, 3.63) is 57.0 Å². The van der Waals surface area contributed by atoms with E-state index < -0.39 is 5.97 Å². The lowest BCUT2D eigenvalue weighted by Gasteiger charge is -2.08. The van der Waals surface area contributed by atoms with Crippen LogP contribution in [0.1, 0.15) is 54.2 Å². The fraction of sp³-hybridized carbons (Fsp3) is 0.350. The maximum absolute atomic E-state index is 12.4. The lowest BCUT2D eigenvalue weighted by atomic mass is 10.2. The lowest BCUT2D eigenvalue weighted by molar-refractivity contribution is -0.116. The first-order valence-corrected chi connectivity index (χ1v) is 10.3. The first kappa shape index (κ1) is 20.7. The molecule has 0 bridgehead atoms. The molecule has 2 aromatic heterocycles. The maximum atomic E-state index is 12.4. The van der Waals surface area contributed by atoms with Crippen molar-refractivity contribution in [1.82, 2.24) is 14.6 Å². The predicted octanol–water partition coefficient (Wildman–Crippen LogP) is 3.20. The number of fused-ring (bicyclic) bond motifs is 1. The van der Waals surface area contributed by atoms with Crippen molar-refractivity contribution in [3.8, 4) is 0 Å². The minimum atomic E-state index is -0.560. The Bertz CT molecular complexity index is 1090. The molecule has 0 atom stereocenters. The molecular weight excluding hydrogens is 392 g/mol. The van der Waals surface area contributed by atoms with E-state index in [4.69, 9.17) is 4.74 Å². The highest BCUT2D eigenvalue weighted by molar-refractivity contribution is 7.16. The first-order chi connectivity index (χ1) is 14.0. The van der Waals surface area contributed by atoms with Crippen molar-refractivity contribution in [2.75, 3.05) is 5.32 Å². The molecule has 1 N–H and O–H groups in total. The van der Waals surface area contributed by atoms with E-state index in [1.165, 1.54) is 21.9 Å². The summed E-state index contributed by atoms with van der Waals surface area (Å²) in [6, 6.07) is 7.86. The van der Waals surface area contributed by atoms with Crippen molar-refractivity contribution in [3.63, 3.8) is 0 Å². The molecule has 1 amide bonds. The van der Waals surface area contributed by atoms with Gasteiger partial charge in [0.1, 0.15) is 11.6 Å². The number of nitrogens with one attached hydrogen (secondary N) is 1. The van der Waals surface area contributed by atoms with Gasteiger partial charge in [0, 0.05) is 18.2 Å². The van der Waals surface area contributed by atoms with Crippen LogP contribution in [0.4, 0.5) is 5.69 Å². The molecule has 0 fully saturated rings. The molecule has 0 saturated carbocycles. The van der Waals surface area contributed by atoms with Gasteiger partial charge in [-0.2, -0.15) is 9.61 Å². The van der Waals surface area contributed by atoms with Gasteiger partial charge in [-0.3, -0.25) is 9.59 Å². The Kier molecular flexibility index (Phi) is 6.71. The molecule has 0 unspecified atom stereocenters. The van der Waals surface area contributed by atoms with E-state index in [1.807, 2.05) is 13.8 Å². The lowest BCUT2D eigenvalue weighted by Crippen LogP contribution is -2.17. The van der Waals surface area contributed by atoms with Crippen LogP contribution in [0, 0.1) is 0 Å². The van der Waals surface area contributed by atoms with E-state index in [-0.39, 0.29) is 18.1 Å². The average Bonchev–Trinajstić information content (AvgIpc) is 3.14. The minimum absolute atomic E-state index is 0.0913. The summed E-state index contributed by atoms with van der Waals surface area (Å²) in [5.41, 5.74) is 0.893. The van der Waals surface area contributed by atoms with Gasteiger partial charge in [0.05, 0.1) is 11.3 Å². The monoisotopic (exact) mass is 414 g/mol. The van der Waals surface area contributed by atoms with Gasteiger partial charge in [-0.15, -0.1) is 0 Å². The average molecular weight is 414 g/mol. The molecule has 0 spiro atoms. The fourth-order valence-corrected chi connectivity index (χ4v) is 3.48. The quantitative estimate of drug-likeness (QED) is 0.568. The van der Waals surface area contributed by atoms with Crippen molar-refractivity contribution in [1.29, 1.82) is 0 Å². The SMILES string of the molecule is CCCCC(=O)Nc1cccc(C(=O)OCc2cc(=O)n3nc(CC)sc3n2)c1. The van der Waals surface area contributed by atoms with Crippen LogP contribution in [0.15, 0.2) is 35.1 Å². The number of amides is 1. The van der Waals surface area contributed by atoms with Crippen LogP contribution in [0.2, 0.25) is 0 Å². The molecular formula is C20H22N4O4S. The zero-order chi connectivity index (χ0) is 20.8. The van der Waals surface area contributed by atoms with Gasteiger partial charge in [-0.1, -0.05) is 37.7 Å². The zero-order valence-electron chi connectivity index (χ0n) is 16.3. The molecule has 29 heavy (non-hydrogen) atoms. The second-order valence-corrected chi connectivity index (χ2v) is 7.48. The second kappa shape index (κ2) is 9.42. The summed E-state index contributed by atoms with van der Waals surface area (Å²) in [5.74, 6) is -0.651. The number of anilines is 1. The standard InChI is InChI=1S/C20H22N4O4S/c1-3-5-9-16(25)21-14-8-6-7-13(10-14)19(27)28-12-15-11-18(26)24-20(22-15)29-17(4-2)23-24/h6-8,10-11H,3-5,9,12H2,1-2H3,(H,21,25). The first-order valence-electron chi connectivity index (χ1n) is 9.46. The van der Waals surface area contributed by atoms with Crippen molar-refractivity contribution >= 4 is 33.9 Å². The van der Waals surface area contributed by atoms with Gasteiger partial charge in [0.15, 0.2) is 0 Å². The summed E-state index contributed by atoms with van der Waals surface area (Å²) in [5, 5.41) is 7.76. The minimum Gasteiger partial charge on any atom is -0.456 e. The van der Waals surface area contributed by atoms with Crippen LogP contribution in [-0.4, -0.2) is 26.5 Å². The third-order valence-electron chi connectivity index (χ3n) is 4.13. The van der Waals surface area contributed by atoms with E-state index >= 15 is 0 Å². The molecule has 3 aromatic rings. The predicted molar refractivity (Wildman–Crippen MR) is 110 cm³/mol. The van der Waals surface area contributed by atoms with E-state index in [0.717, 1.165) is 17.8 Å². The summed E-state index contributed by atoms with van der Waals surface area (Å²) in [7, 11) is 0. The molecule has 2 heterocycles. The number of benzene rings is 1. The number of rotatable bonds is 8. The van der Waals surface area contributed by atoms with Gasteiger partial charge in [0.25, 0.3) is 5.56 Å². The Morgan fingerprint density at radius 1 is 1.24 bits per heavy atom. The van der Waals surface area contributed by atoms with E-state index in [9.17, 15) is 14.4 Å². The Balaban J connectivity index is 1.66. The number of ether oxygens (including phenoxy) is 1. The molecule has 152 valence electrons. The number of hydrogen-bond donors (Lipinski definition) is 1. The number of nitrogens with zero attached hydrogens (tertiary/aromatic N) is 3. The highest BCUT2D eigenvalue weighted by atomic mass is 32.1. The normalized spacial score (nSPS) is 10.8. The van der Waals surface area contributed by atoms with Gasteiger partial charge < -0.3 is 10.1 Å². The Morgan fingerprint density at radius 2 is 2.07 bits per heavy atom. The molecule has 0 aliphatic carbocycles. The highest BCUT2D eigenvalue weighted by Crippen LogP contribution is 2.15. The topological polar surface area (TPSA) is 103 Å². The molecule has 0 radical (unpaired) electrons. The summed E-state index contributed by atoms with van der Waals surface area (Å²) in [4.78, 5) is 41.2. The molecule has 1 aromatic carbocycles. The summed E-state index contributed by atoms with van der Waals surface area (Å²) >= 11 is 1.33. The van der Waals surface area contributed by atoms with Crippen LogP contribution in [0.3, 0.4) is 0 Å². The highest BCUT2D eigenvalue weighted by Gasteiger charge is 2.12. The van der Waals surface area contributed by atoms with Crippen molar-refractivity contribution in [2.45, 2.75) is 46.1 Å². The smallest absolute Gasteiger partial charge is 0.338 e. The largest absolute Gasteiger partial charge is 0.456 e. The molecule has 0 aliphatic rings. The number of carbonyl (C=O) groups is 2. The number of aryl methyl sites for hydroxylation is 1. The van der Waals surface area contributed by atoms with E-state index in [1.54, 1.807) is 24.3 Å². The third kappa shape index (κ3) is 5.26. The Hall–Kier alpha value is -3.07. The van der Waals surface area contributed by atoms with Crippen LogP contribution >= 0.6 is 11.3 Å². The third-order valence-corrected chi connectivity index (χ3v) is 5.19. The zero-order valence-corrected chi connectivity index (χ0v) is 17.1. The molecule has 3 rings (SSSR count). The second-order valence-electron chi connectivity index (χ2n) is 6.44. The van der Waals surface area contributed by atoms with Gasteiger partial charge >= 0.3 is 5.97 Å². The Labute approximate surface area is 171 Å². The number of hydrogen-bond acceptors (Lipinski definition) is 7. The number of carbonyl (C=O) groups excluding carboxylic acids is 2. The molecule has 0 aliphatic heterocycles. The molecule has 8 nitrogen and oxygen atoms in total. The summed E-state index contributed by atoms with van der Waals surface area (Å²) in [6.07, 6.45) is 2.89. The van der Waals surface area contributed by atoms with Crippen molar-refractivity contribution in [2.24, 2.45) is 0 Å². The van der Waals surface area contributed by atoms with Gasteiger partial charge in [-0.05, 0) is 31.0 Å². The van der Waals surface area contributed by atoms with E-state index in [0.29, 0.717) is 34.7 Å². The summed E-state index contributed by atoms with van der Waals surface area (Å²) < 4.78 is 6.55. The van der Waals surface area contributed by atoms with Crippen LogP contribution < -0.4 is 10.9 Å². The molecule has 0 saturated heterocycles. The maximum Gasteiger partial charge on any atom is 0.338 e. The van der Waals surface area contributed by atoms with Crippen LogP contribution in [-0.2, 0) is 22.6 Å². The van der Waals surface area contributed by atoms with Crippen molar-refractivity contribution < 1.29 is 14.3 Å². The summed E-state index contributed by atoms with van der Waals surface area (Å²) in [6.45, 7) is 3.84. The fourth-order valence-electron chi connectivity index (χ4n) is 2.62. The van der Waals surface area contributed by atoms with Crippen LogP contribution in [0.25, 0.3) is 4.96 Å². The van der Waals surface area contributed by atoms with Gasteiger partial charge in [0.2, 0.25) is 10.9 Å². The molecule has 9 heteroatoms. The number of esters is 1. The van der Waals surface area contributed by atoms with E-state index in [2.05, 4.69) is 15.4 Å². The number of aromatic nitrogens is 3.